The van der Waals surface area contributed by atoms with Crippen LogP contribution in [0.3, 0.4) is 0 Å². The van der Waals surface area contributed by atoms with Crippen LogP contribution in [0.1, 0.15) is 17.0 Å². The van der Waals surface area contributed by atoms with Crippen molar-refractivity contribution >= 4 is 6.08 Å². The lowest BCUT2D eigenvalue weighted by molar-refractivity contribution is 0.967. The minimum Gasteiger partial charge on any atom is -0.327 e. The van der Waals surface area contributed by atoms with E-state index in [1.54, 1.807) is 0 Å². The van der Waals surface area contributed by atoms with E-state index in [9.17, 15) is 0 Å². The first kappa shape index (κ1) is 11.6. The Morgan fingerprint density at radius 2 is 2.20 bits per heavy atom. The van der Waals surface area contributed by atoms with Gasteiger partial charge < -0.3 is 11.5 Å². The van der Waals surface area contributed by atoms with Crippen LogP contribution in [0.4, 0.5) is 0 Å². The van der Waals surface area contributed by atoms with Gasteiger partial charge in [0, 0.05) is 18.8 Å². The van der Waals surface area contributed by atoms with E-state index < -0.39 is 0 Å². The lowest BCUT2D eigenvalue weighted by atomic mass is 10.1. The molecule has 1 aromatic rings. The maximum atomic E-state index is 5.50. The second-order valence-corrected chi connectivity index (χ2v) is 3.38. The van der Waals surface area contributed by atoms with Gasteiger partial charge in [-0.3, -0.25) is 4.98 Å². The van der Waals surface area contributed by atoms with Gasteiger partial charge in [-0.05, 0) is 24.1 Å². The Morgan fingerprint density at radius 1 is 1.47 bits per heavy atom. The van der Waals surface area contributed by atoms with Gasteiger partial charge in [-0.1, -0.05) is 24.8 Å². The summed E-state index contributed by atoms with van der Waals surface area (Å²) in [5.74, 6) is 0. The highest BCUT2D eigenvalue weighted by molar-refractivity contribution is 5.54. The van der Waals surface area contributed by atoms with Gasteiger partial charge >= 0.3 is 0 Å². The topological polar surface area (TPSA) is 64.9 Å². The van der Waals surface area contributed by atoms with E-state index in [1.807, 2.05) is 31.2 Å². The molecule has 0 fully saturated rings. The smallest absolute Gasteiger partial charge is 0.0543 e. The fourth-order valence-corrected chi connectivity index (χ4v) is 1.19. The summed E-state index contributed by atoms with van der Waals surface area (Å²) in [4.78, 5) is 4.36. The Kier molecular flexibility index (Phi) is 4.21. The van der Waals surface area contributed by atoms with E-state index in [0.29, 0.717) is 13.1 Å². The summed E-state index contributed by atoms with van der Waals surface area (Å²) in [5.41, 5.74) is 14.8. The number of rotatable bonds is 4. The molecule has 0 saturated carbocycles. The molecule has 1 rings (SSSR count). The summed E-state index contributed by atoms with van der Waals surface area (Å²) in [5, 5.41) is 0. The highest BCUT2D eigenvalue weighted by Crippen LogP contribution is 2.09. The summed E-state index contributed by atoms with van der Waals surface area (Å²) in [6.45, 7) is 6.71. The number of hydrogen-bond donors (Lipinski definition) is 2. The molecule has 80 valence electrons. The van der Waals surface area contributed by atoms with Crippen LogP contribution in [0.25, 0.3) is 6.08 Å². The highest BCUT2D eigenvalue weighted by atomic mass is 14.7. The lowest BCUT2D eigenvalue weighted by Crippen LogP contribution is -2.01. The van der Waals surface area contributed by atoms with E-state index in [-0.39, 0.29) is 0 Å². The third-order valence-corrected chi connectivity index (χ3v) is 2.15. The van der Waals surface area contributed by atoms with E-state index in [4.69, 9.17) is 11.5 Å². The molecule has 0 amide bonds. The van der Waals surface area contributed by atoms with Gasteiger partial charge in [0.2, 0.25) is 0 Å². The van der Waals surface area contributed by atoms with Crippen LogP contribution in [-0.2, 0) is 6.54 Å². The standard InChI is InChI=1S/C12H17N3/c1-9(7-13)3-4-11-5-6-12(8-14)15-10(11)2/h3-6H,1,7-8,13-14H2,2H3/b4-3-. The summed E-state index contributed by atoms with van der Waals surface area (Å²) in [6.07, 6.45) is 3.88. The van der Waals surface area contributed by atoms with Gasteiger partial charge in [0.1, 0.15) is 0 Å². The third kappa shape index (κ3) is 3.31. The van der Waals surface area contributed by atoms with Gasteiger partial charge in [0.25, 0.3) is 0 Å². The van der Waals surface area contributed by atoms with Crippen LogP contribution in [0.5, 0.6) is 0 Å². The number of hydrogen-bond acceptors (Lipinski definition) is 3. The Bertz CT molecular complexity index is 380. The molecule has 0 spiro atoms. The van der Waals surface area contributed by atoms with Gasteiger partial charge in [0.05, 0.1) is 5.69 Å². The zero-order valence-corrected chi connectivity index (χ0v) is 9.03. The second-order valence-electron chi connectivity index (χ2n) is 3.38. The molecule has 0 atom stereocenters. The quantitative estimate of drug-likeness (QED) is 0.726. The first-order chi connectivity index (χ1) is 7.17. The van der Waals surface area contributed by atoms with Gasteiger partial charge in [-0.25, -0.2) is 0 Å². The van der Waals surface area contributed by atoms with Gasteiger partial charge in [-0.15, -0.1) is 0 Å². The van der Waals surface area contributed by atoms with Crippen LogP contribution in [-0.4, -0.2) is 11.5 Å². The molecule has 0 unspecified atom stereocenters. The Hall–Kier alpha value is -1.45. The van der Waals surface area contributed by atoms with Gasteiger partial charge in [0.15, 0.2) is 0 Å². The zero-order chi connectivity index (χ0) is 11.3. The van der Waals surface area contributed by atoms with Crippen molar-refractivity contribution in [3.63, 3.8) is 0 Å². The molecular weight excluding hydrogens is 186 g/mol. The predicted octanol–water partition coefficient (Wildman–Crippen LogP) is 1.38. The maximum Gasteiger partial charge on any atom is 0.0543 e. The van der Waals surface area contributed by atoms with Crippen LogP contribution < -0.4 is 11.5 Å². The Labute approximate surface area is 90.5 Å². The van der Waals surface area contributed by atoms with Crippen molar-refractivity contribution in [2.45, 2.75) is 13.5 Å². The molecule has 0 radical (unpaired) electrons. The fraction of sp³-hybridized carbons (Fsp3) is 0.250. The molecule has 0 bridgehead atoms. The Balaban J connectivity index is 2.87. The largest absolute Gasteiger partial charge is 0.327 e. The first-order valence-electron chi connectivity index (χ1n) is 4.90. The normalized spacial score (nSPS) is 10.9. The van der Waals surface area contributed by atoms with Crippen molar-refractivity contribution in [2.24, 2.45) is 11.5 Å². The second kappa shape index (κ2) is 5.44. The average molecular weight is 203 g/mol. The molecular formula is C12H17N3. The van der Waals surface area contributed by atoms with Gasteiger partial charge in [-0.2, -0.15) is 0 Å². The Morgan fingerprint density at radius 3 is 2.73 bits per heavy atom. The third-order valence-electron chi connectivity index (χ3n) is 2.15. The van der Waals surface area contributed by atoms with Crippen LogP contribution >= 0.6 is 0 Å². The summed E-state index contributed by atoms with van der Waals surface area (Å²) in [7, 11) is 0. The summed E-state index contributed by atoms with van der Waals surface area (Å²) < 4.78 is 0. The fourth-order valence-electron chi connectivity index (χ4n) is 1.19. The molecule has 1 aromatic heterocycles. The number of nitrogens with zero attached hydrogens (tertiary/aromatic N) is 1. The van der Waals surface area contributed by atoms with Crippen LogP contribution in [0, 0.1) is 6.92 Å². The van der Waals surface area contributed by atoms with E-state index in [0.717, 1.165) is 22.5 Å². The van der Waals surface area contributed by atoms with E-state index >= 15 is 0 Å². The predicted molar refractivity (Wildman–Crippen MR) is 64.1 cm³/mol. The SMILES string of the molecule is C=C(/C=C\c1ccc(CN)nc1C)CN. The van der Waals surface area contributed by atoms with Crippen molar-refractivity contribution in [3.05, 3.63) is 47.3 Å². The molecule has 0 saturated heterocycles. The maximum absolute atomic E-state index is 5.50. The van der Waals surface area contributed by atoms with Crippen LogP contribution in [0.15, 0.2) is 30.4 Å². The van der Waals surface area contributed by atoms with Crippen molar-refractivity contribution in [2.75, 3.05) is 6.54 Å². The van der Waals surface area contributed by atoms with Crippen molar-refractivity contribution in [1.82, 2.24) is 4.98 Å². The van der Waals surface area contributed by atoms with Crippen molar-refractivity contribution in [3.8, 4) is 0 Å². The number of pyridine rings is 1. The lowest BCUT2D eigenvalue weighted by Gasteiger charge is -2.02. The number of nitrogens with two attached hydrogens (primary N) is 2. The monoisotopic (exact) mass is 203 g/mol. The van der Waals surface area contributed by atoms with Crippen molar-refractivity contribution in [1.29, 1.82) is 0 Å². The van der Waals surface area contributed by atoms with E-state index in [2.05, 4.69) is 11.6 Å². The minimum absolute atomic E-state index is 0.473. The molecule has 3 heteroatoms. The summed E-state index contributed by atoms with van der Waals surface area (Å²) >= 11 is 0. The number of aryl methyl sites for hydroxylation is 1. The molecule has 0 aliphatic heterocycles. The molecule has 0 aromatic carbocycles. The number of aromatic nitrogens is 1. The average Bonchev–Trinajstić information content (AvgIpc) is 2.26. The van der Waals surface area contributed by atoms with Crippen LogP contribution in [0.2, 0.25) is 0 Å². The molecule has 4 N–H and O–H groups in total. The zero-order valence-electron chi connectivity index (χ0n) is 9.03. The molecule has 3 nitrogen and oxygen atoms in total. The minimum atomic E-state index is 0.473. The van der Waals surface area contributed by atoms with E-state index in [1.165, 1.54) is 0 Å². The molecule has 1 heterocycles. The molecule has 0 aliphatic carbocycles. The molecule has 15 heavy (non-hydrogen) atoms. The molecule has 0 aliphatic rings. The highest BCUT2D eigenvalue weighted by Gasteiger charge is 1.97. The van der Waals surface area contributed by atoms with Crippen molar-refractivity contribution < 1.29 is 0 Å². The summed E-state index contributed by atoms with van der Waals surface area (Å²) in [6, 6.07) is 3.93. The first-order valence-corrected chi connectivity index (χ1v) is 4.90.